The minimum absolute atomic E-state index is 0.0315. The number of carbonyl (C=O) groups excluding carboxylic acids is 2. The molecule has 0 aliphatic heterocycles. The van der Waals surface area contributed by atoms with Gasteiger partial charge in [0.05, 0.1) is 33.8 Å². The van der Waals surface area contributed by atoms with Crippen LogP contribution in [0.5, 0.6) is 0 Å². The molecule has 3 atom stereocenters. The molecule has 0 saturated heterocycles. The normalized spacial score (nSPS) is 14.3. The topological polar surface area (TPSA) is 114 Å². The smallest absolute Gasteiger partial charge is 0.306 e. The Morgan fingerprint density at radius 3 is 1.04 bits per heavy atom. The highest BCUT2D eigenvalue weighted by Crippen LogP contribution is 2.38. The van der Waals surface area contributed by atoms with Crippen LogP contribution in [0.15, 0.2) is 146 Å². The first-order valence-corrected chi connectivity index (χ1v) is 39.1. The Labute approximate surface area is 568 Å². The summed E-state index contributed by atoms with van der Waals surface area (Å²) in [4.78, 5) is 40.3. The molecule has 0 bridgehead atoms. The van der Waals surface area contributed by atoms with Crippen molar-refractivity contribution in [3.05, 3.63) is 146 Å². The third kappa shape index (κ3) is 70.2. The van der Waals surface area contributed by atoms with Gasteiger partial charge in [0.15, 0.2) is 0 Å². The second-order valence-corrected chi connectivity index (χ2v) is 27.4. The second kappa shape index (κ2) is 69.7. The van der Waals surface area contributed by atoms with Crippen LogP contribution in [0.25, 0.3) is 0 Å². The quantitative estimate of drug-likeness (QED) is 0.0212. The molecule has 0 spiro atoms. The molecule has 0 fully saturated rings. The van der Waals surface area contributed by atoms with Crippen molar-refractivity contribution in [3.8, 4) is 0 Å². The first kappa shape index (κ1) is 87.9. The number of esters is 1. The molecule has 0 radical (unpaired) electrons. The number of quaternary nitrogens is 1. The number of hydrogen-bond acceptors (Lipinski definition) is 7. The van der Waals surface area contributed by atoms with Crippen molar-refractivity contribution < 1.29 is 37.3 Å². The molecule has 92 heavy (non-hydrogen) atoms. The molecule has 0 aliphatic rings. The maximum atomic E-state index is 13.6. The van der Waals surface area contributed by atoms with Crippen molar-refractivity contribution >= 4 is 19.7 Å². The van der Waals surface area contributed by atoms with Crippen molar-refractivity contribution in [2.24, 2.45) is 0 Å². The van der Waals surface area contributed by atoms with E-state index < -0.39 is 26.6 Å². The van der Waals surface area contributed by atoms with Gasteiger partial charge in [-0.15, -0.1) is 0 Å². The van der Waals surface area contributed by atoms with Gasteiger partial charge in [-0.3, -0.25) is 14.2 Å². The number of allylic oxidation sites excluding steroid dienone is 23. The zero-order valence-electron chi connectivity index (χ0n) is 60.2. The molecule has 1 amide bonds. The van der Waals surface area contributed by atoms with E-state index >= 15 is 0 Å². The van der Waals surface area contributed by atoms with Gasteiger partial charge < -0.3 is 28.5 Å². The molecule has 9 nitrogen and oxygen atoms in total. The van der Waals surface area contributed by atoms with Crippen LogP contribution >= 0.6 is 7.82 Å². The summed E-state index contributed by atoms with van der Waals surface area (Å²) in [5, 5.41) is 3.04. The molecular weight excluding hydrogens is 1160 g/mol. The minimum atomic E-state index is -4.72. The van der Waals surface area contributed by atoms with Crippen LogP contribution in [0.2, 0.25) is 0 Å². The van der Waals surface area contributed by atoms with Crippen molar-refractivity contribution in [2.75, 3.05) is 40.9 Å². The third-order valence-electron chi connectivity index (χ3n) is 16.0. The van der Waals surface area contributed by atoms with E-state index in [-0.39, 0.29) is 24.9 Å². The van der Waals surface area contributed by atoms with Crippen molar-refractivity contribution in [1.29, 1.82) is 0 Å². The lowest BCUT2D eigenvalue weighted by molar-refractivity contribution is -0.870. The highest BCUT2D eigenvalue weighted by atomic mass is 31.2. The van der Waals surface area contributed by atoms with Gasteiger partial charge in [0.1, 0.15) is 19.3 Å². The van der Waals surface area contributed by atoms with Gasteiger partial charge in [-0.1, -0.05) is 315 Å². The Bertz CT molecular complexity index is 2090. The van der Waals surface area contributed by atoms with Crippen LogP contribution in [0.1, 0.15) is 310 Å². The molecule has 1 N–H and O–H groups in total. The molecule has 3 unspecified atom stereocenters. The summed E-state index contributed by atoms with van der Waals surface area (Å²) in [7, 11) is 1.16. The molecule has 0 rings (SSSR count). The Hall–Kier alpha value is -4.11. The number of rotatable bonds is 67. The summed E-state index contributed by atoms with van der Waals surface area (Å²) in [6.07, 6.45) is 101. The summed E-state index contributed by atoms with van der Waals surface area (Å²) in [5.74, 6) is -0.557. The fourth-order valence-corrected chi connectivity index (χ4v) is 11.0. The molecule has 526 valence electrons. The number of nitrogens with zero attached hydrogens (tertiary/aromatic N) is 1. The van der Waals surface area contributed by atoms with Crippen molar-refractivity contribution in [3.63, 3.8) is 0 Å². The number of ether oxygens (including phenoxy) is 1. The number of amides is 1. The van der Waals surface area contributed by atoms with E-state index in [1.165, 1.54) is 122 Å². The van der Waals surface area contributed by atoms with Crippen LogP contribution < -0.4 is 10.2 Å². The lowest BCUT2D eigenvalue weighted by Crippen LogP contribution is -2.47. The van der Waals surface area contributed by atoms with Crippen molar-refractivity contribution in [1.82, 2.24) is 5.32 Å². The summed E-state index contributed by atoms with van der Waals surface area (Å²) in [5.41, 5.74) is 0. The average molecular weight is 1300 g/mol. The number of nitrogens with one attached hydrogen (secondary N) is 1. The monoisotopic (exact) mass is 1300 g/mol. The van der Waals surface area contributed by atoms with Crippen LogP contribution in [-0.2, 0) is 27.9 Å². The summed E-state index contributed by atoms with van der Waals surface area (Å²) >= 11 is 0. The van der Waals surface area contributed by atoms with E-state index in [0.717, 1.165) is 154 Å². The maximum absolute atomic E-state index is 13.6. The second-order valence-electron chi connectivity index (χ2n) is 26.0. The molecule has 0 aromatic heterocycles. The van der Waals surface area contributed by atoms with Gasteiger partial charge in [-0.05, 0) is 128 Å². The van der Waals surface area contributed by atoms with Crippen molar-refractivity contribution in [2.45, 2.75) is 322 Å². The van der Waals surface area contributed by atoms with Crippen LogP contribution in [0, 0.1) is 0 Å². The zero-order chi connectivity index (χ0) is 67.0. The first-order valence-electron chi connectivity index (χ1n) is 37.6. The number of phosphoric ester groups is 1. The van der Waals surface area contributed by atoms with Gasteiger partial charge in [0.2, 0.25) is 5.91 Å². The highest BCUT2D eigenvalue weighted by molar-refractivity contribution is 7.45. The molecule has 0 saturated carbocycles. The number of carbonyl (C=O) groups is 2. The van der Waals surface area contributed by atoms with Crippen LogP contribution in [0.3, 0.4) is 0 Å². The molecular formula is C82H141N2O7P. The molecule has 0 aliphatic carbocycles. The minimum Gasteiger partial charge on any atom is -0.756 e. The van der Waals surface area contributed by atoms with E-state index in [1.807, 2.05) is 33.3 Å². The Morgan fingerprint density at radius 2 is 0.696 bits per heavy atom. The fourth-order valence-electron chi connectivity index (χ4n) is 10.3. The van der Waals surface area contributed by atoms with Gasteiger partial charge in [-0.25, -0.2) is 0 Å². The van der Waals surface area contributed by atoms with E-state index in [1.54, 1.807) is 0 Å². The highest BCUT2D eigenvalue weighted by Gasteiger charge is 2.27. The first-order chi connectivity index (χ1) is 44.9. The zero-order valence-corrected chi connectivity index (χ0v) is 61.1. The predicted octanol–water partition coefficient (Wildman–Crippen LogP) is 23.9. The standard InChI is InChI=1S/C82H141N2O7P/c1-7-10-13-16-19-22-25-28-30-32-34-36-38-40-42-44-46-48-50-52-54-56-59-62-65-68-71-74-81(85)83-79(78-90-92(87,88)89-77-76-84(4,5)6)80(73-70-67-64-61-58-27-24-21-18-15-12-9-3)91-82(86)75-72-69-66-63-60-57-55-53-51-49-47-45-43-41-39-37-35-33-31-29-26-23-20-17-14-11-8-2/h10-11,13-14,19-20,22-23,28-31,34-37,40-43,46,48,70,73,79-80H,7-9,12,15-18,21,24-27,32-33,38-39,44-45,47,49-69,71-72,74-78H2,1-6H3,(H-,83,85,87,88)/b13-10-,14-11-,22-19-,23-20-,30-28-,31-29-,36-34-,37-35-,42-40-,43-41-,48-46-,73-70+. The lowest BCUT2D eigenvalue weighted by Gasteiger charge is -2.30. The number of unbranched alkanes of at least 4 members (excludes halogenated alkanes) is 29. The lowest BCUT2D eigenvalue weighted by atomic mass is 10.0. The van der Waals surface area contributed by atoms with Gasteiger partial charge in [0.25, 0.3) is 7.82 Å². The van der Waals surface area contributed by atoms with E-state index in [9.17, 15) is 19.0 Å². The largest absolute Gasteiger partial charge is 0.756 e. The third-order valence-corrected chi connectivity index (χ3v) is 17.0. The SMILES string of the molecule is CC/C=C\C/C=C\C/C=C\C/C=C\C/C=C\C/C=C\CCCCCCCCCCC(=O)NC(COP(=O)([O-])OCC[N+](C)(C)C)C(/C=C/CCCCCCCCCCCC)OC(=O)CCCCCCCCCCCCC/C=C\C/C=C\C/C=C\C/C=C\C/C=C\CC. The van der Waals surface area contributed by atoms with Crippen LogP contribution in [0.4, 0.5) is 0 Å². The Morgan fingerprint density at radius 1 is 0.391 bits per heavy atom. The maximum Gasteiger partial charge on any atom is 0.306 e. The van der Waals surface area contributed by atoms with Gasteiger partial charge in [0, 0.05) is 12.8 Å². The van der Waals surface area contributed by atoms with Crippen LogP contribution in [-0.4, -0.2) is 69.4 Å². The summed E-state index contributed by atoms with van der Waals surface area (Å²) in [6, 6.07) is -0.906. The van der Waals surface area contributed by atoms with E-state index in [2.05, 4.69) is 160 Å². The predicted molar refractivity (Wildman–Crippen MR) is 399 cm³/mol. The number of likely N-dealkylation sites (N-methyl/N-ethyl adjacent to an activating group) is 1. The molecule has 0 aromatic rings. The fraction of sp³-hybridized carbons (Fsp3) is 0.683. The summed E-state index contributed by atoms with van der Waals surface area (Å²) in [6.45, 7) is 6.62. The average Bonchev–Trinajstić information content (AvgIpc) is 3.69. The Balaban J connectivity index is 5.04. The number of hydrogen-bond donors (Lipinski definition) is 1. The molecule has 0 aromatic carbocycles. The van der Waals surface area contributed by atoms with E-state index in [0.29, 0.717) is 17.4 Å². The van der Waals surface area contributed by atoms with Gasteiger partial charge >= 0.3 is 5.97 Å². The molecule has 0 heterocycles. The Kier molecular flexibility index (Phi) is 66.6. The van der Waals surface area contributed by atoms with Gasteiger partial charge in [-0.2, -0.15) is 0 Å². The summed E-state index contributed by atoms with van der Waals surface area (Å²) < 4.78 is 30.5. The molecule has 10 heteroatoms. The number of phosphoric acid groups is 1. The van der Waals surface area contributed by atoms with E-state index in [4.69, 9.17) is 13.8 Å².